The fraction of sp³-hybridized carbons (Fsp3) is 0.217. The van der Waals surface area contributed by atoms with Crippen LogP contribution in [0.4, 0.5) is 10.1 Å². The zero-order chi connectivity index (χ0) is 21.9. The summed E-state index contributed by atoms with van der Waals surface area (Å²) >= 11 is 2.86. The highest BCUT2D eigenvalue weighted by Crippen LogP contribution is 2.32. The minimum Gasteiger partial charge on any atom is -0.320 e. The van der Waals surface area contributed by atoms with Gasteiger partial charge in [-0.25, -0.2) is 9.37 Å². The number of benzene rings is 2. The fourth-order valence-corrected chi connectivity index (χ4v) is 5.48. The Morgan fingerprint density at radius 1 is 1.06 bits per heavy atom. The predicted octanol–water partition coefficient (Wildman–Crippen LogP) is 5.29. The average molecular weight is 466 g/mol. The molecule has 1 N–H and O–H groups in total. The van der Waals surface area contributed by atoms with Crippen molar-refractivity contribution in [1.29, 1.82) is 0 Å². The van der Waals surface area contributed by atoms with Gasteiger partial charge in [0.25, 0.3) is 5.91 Å². The third-order valence-corrected chi connectivity index (χ3v) is 7.26. The first-order valence-electron chi connectivity index (χ1n) is 10.4. The van der Waals surface area contributed by atoms with Crippen molar-refractivity contribution >= 4 is 34.7 Å². The molecule has 0 unspecified atom stereocenters. The molecule has 9 heteroatoms. The second-order valence-corrected chi connectivity index (χ2v) is 9.42. The number of hydrogen-bond donors (Lipinski definition) is 1. The van der Waals surface area contributed by atoms with E-state index >= 15 is 0 Å². The Hall–Kier alpha value is -3.04. The average Bonchev–Trinajstić information content (AvgIpc) is 3.44. The van der Waals surface area contributed by atoms with Crippen molar-refractivity contribution in [3.05, 3.63) is 81.8 Å². The van der Waals surface area contributed by atoms with Crippen molar-refractivity contribution in [3.8, 4) is 5.69 Å². The molecule has 32 heavy (non-hydrogen) atoms. The van der Waals surface area contributed by atoms with E-state index in [-0.39, 0.29) is 16.7 Å². The molecule has 0 atom stereocenters. The number of imidazole rings is 1. The van der Waals surface area contributed by atoms with E-state index in [4.69, 9.17) is 4.98 Å². The van der Waals surface area contributed by atoms with Gasteiger partial charge < -0.3 is 5.32 Å². The summed E-state index contributed by atoms with van der Waals surface area (Å²) in [6.07, 6.45) is 4.39. The van der Waals surface area contributed by atoms with Crippen molar-refractivity contribution in [2.24, 2.45) is 0 Å². The molecular formula is C23H20FN5OS2. The van der Waals surface area contributed by atoms with E-state index in [0.717, 1.165) is 28.7 Å². The van der Waals surface area contributed by atoms with Gasteiger partial charge in [0.2, 0.25) is 5.01 Å². The van der Waals surface area contributed by atoms with E-state index in [1.165, 1.54) is 59.8 Å². The van der Waals surface area contributed by atoms with E-state index in [1.54, 1.807) is 11.8 Å². The molecule has 6 nitrogen and oxygen atoms in total. The van der Waals surface area contributed by atoms with Crippen molar-refractivity contribution in [1.82, 2.24) is 19.7 Å². The highest BCUT2D eigenvalue weighted by Gasteiger charge is 2.22. The second-order valence-electron chi connectivity index (χ2n) is 7.42. The quantitative estimate of drug-likeness (QED) is 0.392. The van der Waals surface area contributed by atoms with Crippen LogP contribution in [0, 0.1) is 5.82 Å². The Labute approximate surface area is 192 Å². The monoisotopic (exact) mass is 465 g/mol. The number of carbonyl (C=O) groups is 1. The summed E-state index contributed by atoms with van der Waals surface area (Å²) in [5.74, 6) is -0.134. The first kappa shape index (κ1) is 20.8. The number of anilines is 1. The van der Waals surface area contributed by atoms with E-state index in [0.29, 0.717) is 11.4 Å². The van der Waals surface area contributed by atoms with E-state index in [2.05, 4.69) is 32.2 Å². The number of carbonyl (C=O) groups excluding carboxylic acids is 1. The molecule has 0 spiro atoms. The molecule has 1 aliphatic carbocycles. The summed E-state index contributed by atoms with van der Waals surface area (Å²) in [7, 11) is 0. The molecule has 0 saturated carbocycles. The summed E-state index contributed by atoms with van der Waals surface area (Å²) in [5, 5.41) is 12.9. The number of aromatic nitrogens is 4. The maximum atomic E-state index is 13.0. The number of amides is 1. The summed E-state index contributed by atoms with van der Waals surface area (Å²) in [4.78, 5) is 17.4. The maximum Gasteiger partial charge on any atom is 0.286 e. The van der Waals surface area contributed by atoms with Gasteiger partial charge in [-0.2, -0.15) is 0 Å². The van der Waals surface area contributed by atoms with Gasteiger partial charge >= 0.3 is 0 Å². The third kappa shape index (κ3) is 4.44. The van der Waals surface area contributed by atoms with E-state index < -0.39 is 0 Å². The normalized spacial score (nSPS) is 13.0. The van der Waals surface area contributed by atoms with Gasteiger partial charge in [-0.1, -0.05) is 41.3 Å². The molecule has 2 heterocycles. The molecule has 2 aromatic heterocycles. The minimum absolute atomic E-state index is 0.274. The third-order valence-electron chi connectivity index (χ3n) is 5.20. The molecule has 2 aromatic carbocycles. The molecule has 4 aromatic rings. The Morgan fingerprint density at radius 3 is 2.66 bits per heavy atom. The molecule has 162 valence electrons. The Bertz CT molecular complexity index is 1240. The van der Waals surface area contributed by atoms with Gasteiger partial charge in [0.1, 0.15) is 10.8 Å². The van der Waals surface area contributed by atoms with Crippen LogP contribution in [0.1, 0.15) is 39.0 Å². The number of fused-ring (bicyclic) bond motifs is 1. The van der Waals surface area contributed by atoms with Crippen LogP contribution in [0.25, 0.3) is 5.69 Å². The van der Waals surface area contributed by atoms with Crippen LogP contribution >= 0.6 is 23.1 Å². The van der Waals surface area contributed by atoms with Crippen LogP contribution in [-0.2, 0) is 18.6 Å². The molecule has 0 bridgehead atoms. The highest BCUT2D eigenvalue weighted by atomic mass is 32.2. The number of hydrogen-bond acceptors (Lipinski definition) is 6. The highest BCUT2D eigenvalue weighted by molar-refractivity contribution is 7.98. The van der Waals surface area contributed by atoms with Crippen LogP contribution in [0.5, 0.6) is 0 Å². The lowest BCUT2D eigenvalue weighted by Gasteiger charge is -2.15. The lowest BCUT2D eigenvalue weighted by molar-refractivity contribution is 0.102. The first-order chi connectivity index (χ1) is 15.7. The topological polar surface area (TPSA) is 72.7 Å². The van der Waals surface area contributed by atoms with Crippen LogP contribution in [0.3, 0.4) is 0 Å². The van der Waals surface area contributed by atoms with Gasteiger partial charge in [-0.3, -0.25) is 9.36 Å². The number of para-hydroxylation sites is 1. The lowest BCUT2D eigenvalue weighted by atomic mass is 10.0. The molecule has 0 radical (unpaired) electrons. The standard InChI is InChI=1S/C23H20FN5OS2/c24-15-10-12-16(13-11-15)25-21(30)22-28-27-20(32-22)14-31-23-26-18-8-4-5-9-19(18)29(23)17-6-2-1-3-7-17/h1-3,6-7,10-13H,4-5,8-9,14H2,(H,25,30). The smallest absolute Gasteiger partial charge is 0.286 e. The second kappa shape index (κ2) is 9.22. The molecule has 0 fully saturated rings. The number of nitrogens with one attached hydrogen (secondary N) is 1. The van der Waals surface area contributed by atoms with Crippen LogP contribution in [0.15, 0.2) is 59.8 Å². The summed E-state index contributed by atoms with van der Waals surface area (Å²) in [6.45, 7) is 0. The first-order valence-corrected chi connectivity index (χ1v) is 12.2. The number of thioether (sulfide) groups is 1. The van der Waals surface area contributed by atoms with Gasteiger partial charge in [-0.15, -0.1) is 10.2 Å². The van der Waals surface area contributed by atoms with Crippen LogP contribution in [0.2, 0.25) is 0 Å². The van der Waals surface area contributed by atoms with Crippen molar-refractivity contribution in [3.63, 3.8) is 0 Å². The fourth-order valence-electron chi connectivity index (χ4n) is 3.70. The molecule has 5 rings (SSSR count). The van der Waals surface area contributed by atoms with Crippen LogP contribution in [-0.4, -0.2) is 25.7 Å². The summed E-state index contributed by atoms with van der Waals surface area (Å²) in [6, 6.07) is 15.9. The van der Waals surface area contributed by atoms with Crippen molar-refractivity contribution in [2.75, 3.05) is 5.32 Å². The molecular weight excluding hydrogens is 445 g/mol. The maximum absolute atomic E-state index is 13.0. The number of aryl methyl sites for hydroxylation is 1. The van der Waals surface area contributed by atoms with Gasteiger partial charge in [0.15, 0.2) is 5.16 Å². The number of rotatable bonds is 6. The predicted molar refractivity (Wildman–Crippen MR) is 124 cm³/mol. The molecule has 0 saturated heterocycles. The van der Waals surface area contributed by atoms with Gasteiger partial charge in [0.05, 0.1) is 11.4 Å². The summed E-state index contributed by atoms with van der Waals surface area (Å²) in [5.41, 5.74) is 4.10. The lowest BCUT2D eigenvalue weighted by Crippen LogP contribution is -2.11. The zero-order valence-corrected chi connectivity index (χ0v) is 18.8. The molecule has 0 aliphatic heterocycles. The van der Waals surface area contributed by atoms with Crippen LogP contribution < -0.4 is 5.32 Å². The molecule has 1 amide bonds. The van der Waals surface area contributed by atoms with Crippen molar-refractivity contribution in [2.45, 2.75) is 36.6 Å². The molecule has 1 aliphatic rings. The largest absolute Gasteiger partial charge is 0.320 e. The van der Waals surface area contributed by atoms with Gasteiger partial charge in [-0.05, 0) is 62.1 Å². The minimum atomic E-state index is -0.355. The van der Waals surface area contributed by atoms with E-state index in [1.807, 2.05) is 18.2 Å². The zero-order valence-electron chi connectivity index (χ0n) is 17.1. The van der Waals surface area contributed by atoms with Crippen molar-refractivity contribution < 1.29 is 9.18 Å². The summed E-state index contributed by atoms with van der Waals surface area (Å²) < 4.78 is 15.3. The Kier molecular flexibility index (Phi) is 6.00. The SMILES string of the molecule is O=C(Nc1ccc(F)cc1)c1nnc(CSc2nc3c(n2-c2ccccc2)CCCC3)s1. The number of halogens is 1. The number of nitrogens with zero attached hydrogens (tertiary/aromatic N) is 4. The van der Waals surface area contributed by atoms with E-state index in [9.17, 15) is 9.18 Å². The Morgan fingerprint density at radius 2 is 1.84 bits per heavy atom. The Balaban J connectivity index is 1.31. The van der Waals surface area contributed by atoms with Gasteiger partial charge in [0, 0.05) is 17.1 Å².